The van der Waals surface area contributed by atoms with Gasteiger partial charge < -0.3 is 20.3 Å². The van der Waals surface area contributed by atoms with Crippen molar-refractivity contribution in [2.24, 2.45) is 0 Å². The number of halogens is 3. The van der Waals surface area contributed by atoms with E-state index in [1.807, 2.05) is 6.20 Å². The van der Waals surface area contributed by atoms with E-state index >= 15 is 8.78 Å². The summed E-state index contributed by atoms with van der Waals surface area (Å²) in [6.07, 6.45) is 4.11. The second-order valence-electron chi connectivity index (χ2n) is 12.6. The van der Waals surface area contributed by atoms with Gasteiger partial charge in [-0.2, -0.15) is 5.10 Å². The Morgan fingerprint density at radius 2 is 1.84 bits per heavy atom. The molecule has 0 unspecified atom stereocenters. The molecule has 0 bridgehead atoms. The molecule has 0 radical (unpaired) electrons. The summed E-state index contributed by atoms with van der Waals surface area (Å²) in [7, 11) is -4.44. The Hall–Kier alpha value is -5.45. The number of amides is 1. The van der Waals surface area contributed by atoms with Crippen LogP contribution in [-0.4, -0.2) is 64.5 Å². The number of carbonyl (C=O) groups excluding carboxylic acids is 1. The average Bonchev–Trinajstić information content (AvgIpc) is 3.50. The largest absolute Gasteiger partial charge is 0.444 e. The number of pyridine rings is 1. The lowest BCUT2D eigenvalue weighted by Crippen LogP contribution is -2.39. The minimum Gasteiger partial charge on any atom is -0.444 e. The number of carbonyl (C=O) groups is 1. The van der Waals surface area contributed by atoms with Gasteiger partial charge in [-0.05, 0) is 76.9 Å². The third-order valence-electron chi connectivity index (χ3n) is 7.79. The van der Waals surface area contributed by atoms with Crippen molar-refractivity contribution in [3.8, 4) is 5.82 Å². The molecule has 0 atom stereocenters. The van der Waals surface area contributed by atoms with Crippen LogP contribution in [0, 0.1) is 24.4 Å². The summed E-state index contributed by atoms with van der Waals surface area (Å²) in [6.45, 7) is 8.31. The van der Waals surface area contributed by atoms with E-state index in [9.17, 15) is 17.6 Å². The van der Waals surface area contributed by atoms with Crippen molar-refractivity contribution in [2.45, 2.75) is 51.0 Å². The van der Waals surface area contributed by atoms with Crippen LogP contribution in [0.3, 0.4) is 0 Å². The zero-order valence-electron chi connectivity index (χ0n) is 27.6. The summed E-state index contributed by atoms with van der Waals surface area (Å²) in [6, 6.07) is 8.65. The molecule has 262 valence electrons. The zero-order chi connectivity index (χ0) is 35.8. The molecular weight excluding hydrogens is 675 g/mol. The normalized spacial score (nSPS) is 13.2. The third kappa shape index (κ3) is 7.27. The maximum absolute atomic E-state index is 15.7. The van der Waals surface area contributed by atoms with Crippen LogP contribution >= 0.6 is 0 Å². The molecule has 3 aromatic heterocycles. The summed E-state index contributed by atoms with van der Waals surface area (Å²) in [4.78, 5) is 26.8. The van der Waals surface area contributed by atoms with Crippen molar-refractivity contribution in [3.63, 3.8) is 0 Å². The van der Waals surface area contributed by atoms with Gasteiger partial charge in [0, 0.05) is 25.2 Å². The molecule has 5 aromatic rings. The predicted molar refractivity (Wildman–Crippen MR) is 181 cm³/mol. The lowest BCUT2D eigenvalue weighted by Gasteiger charge is -2.28. The van der Waals surface area contributed by atoms with Crippen molar-refractivity contribution < 1.29 is 31.1 Å². The first-order valence-electron chi connectivity index (χ1n) is 15.7. The van der Waals surface area contributed by atoms with Gasteiger partial charge in [0.25, 0.3) is 10.0 Å². The predicted octanol–water partition coefficient (Wildman–Crippen LogP) is 5.76. The summed E-state index contributed by atoms with van der Waals surface area (Å²) >= 11 is 0. The van der Waals surface area contributed by atoms with Crippen LogP contribution in [0.15, 0.2) is 59.9 Å². The molecule has 17 heteroatoms. The molecule has 50 heavy (non-hydrogen) atoms. The smallest absolute Gasteiger partial charge is 0.407 e. The van der Waals surface area contributed by atoms with Gasteiger partial charge in [0.1, 0.15) is 34.8 Å². The van der Waals surface area contributed by atoms with Gasteiger partial charge >= 0.3 is 6.09 Å². The van der Waals surface area contributed by atoms with Gasteiger partial charge in [-0.25, -0.2) is 46.0 Å². The van der Waals surface area contributed by atoms with Gasteiger partial charge in [-0.1, -0.05) is 6.07 Å². The average molecular weight is 710 g/mol. The van der Waals surface area contributed by atoms with Crippen LogP contribution in [0.1, 0.15) is 38.4 Å². The highest BCUT2D eigenvalue weighted by atomic mass is 32.2. The van der Waals surface area contributed by atoms with E-state index in [1.54, 1.807) is 37.6 Å². The molecule has 0 spiro atoms. The molecule has 2 aromatic carbocycles. The minimum atomic E-state index is -4.44. The van der Waals surface area contributed by atoms with E-state index in [0.717, 1.165) is 49.0 Å². The molecule has 13 nitrogen and oxygen atoms in total. The Kier molecular flexibility index (Phi) is 9.26. The number of hydrogen-bond acceptors (Lipinski definition) is 10. The number of ether oxygens (including phenoxy) is 1. The van der Waals surface area contributed by atoms with Gasteiger partial charge in [0.15, 0.2) is 17.5 Å². The summed E-state index contributed by atoms with van der Waals surface area (Å²) < 4.78 is 79.9. The minimum absolute atomic E-state index is 0.0533. The molecule has 1 amide bonds. The van der Waals surface area contributed by atoms with E-state index in [-0.39, 0.29) is 16.9 Å². The number of nitrogens with zero attached hydrogens (tertiary/aromatic N) is 6. The Labute approximate surface area is 286 Å². The lowest BCUT2D eigenvalue weighted by molar-refractivity contribution is 0.0529. The maximum atomic E-state index is 15.7. The van der Waals surface area contributed by atoms with Crippen LogP contribution in [0.5, 0.6) is 0 Å². The van der Waals surface area contributed by atoms with Crippen LogP contribution in [0.4, 0.5) is 40.8 Å². The van der Waals surface area contributed by atoms with Crippen molar-refractivity contribution in [3.05, 3.63) is 83.7 Å². The quantitative estimate of drug-likeness (QED) is 0.172. The highest BCUT2D eigenvalue weighted by Crippen LogP contribution is 2.33. The molecule has 0 aliphatic carbocycles. The first kappa shape index (κ1) is 34.4. The first-order valence-corrected chi connectivity index (χ1v) is 17.1. The van der Waals surface area contributed by atoms with Gasteiger partial charge in [0.2, 0.25) is 0 Å². The van der Waals surface area contributed by atoms with Gasteiger partial charge in [0.05, 0.1) is 33.7 Å². The number of fused-ring (bicyclic) bond motifs is 2. The van der Waals surface area contributed by atoms with E-state index in [4.69, 9.17) is 9.84 Å². The first-order chi connectivity index (χ1) is 23.7. The van der Waals surface area contributed by atoms with Crippen molar-refractivity contribution in [2.75, 3.05) is 34.6 Å². The molecular formula is C33H34F3N9O4S. The molecule has 0 saturated heterocycles. The molecule has 6 rings (SSSR count). The van der Waals surface area contributed by atoms with E-state index in [1.165, 1.54) is 25.4 Å². The number of hydrogen-bond donors (Lipinski definition) is 3. The fourth-order valence-electron chi connectivity index (χ4n) is 5.45. The topological polar surface area (TPSA) is 156 Å². The summed E-state index contributed by atoms with van der Waals surface area (Å²) in [5.74, 6) is -2.72. The van der Waals surface area contributed by atoms with E-state index in [2.05, 4.69) is 35.2 Å². The Morgan fingerprint density at radius 1 is 1.04 bits per heavy atom. The Morgan fingerprint density at radius 3 is 2.62 bits per heavy atom. The molecule has 0 fully saturated rings. The van der Waals surface area contributed by atoms with Crippen molar-refractivity contribution in [1.82, 2.24) is 30.0 Å². The summed E-state index contributed by atoms with van der Waals surface area (Å²) in [5.41, 5.74) is 0.217. The SMILES string of the molecule is Cc1c(F)cccc1S(=O)(=O)Nc1ccc(F)c(Nc2ncnc3ccc(-n4cc5c(n4)CCCN5CCNC(=O)OC(C)(C)C)nc23)c1F. The van der Waals surface area contributed by atoms with E-state index in [0.29, 0.717) is 24.4 Å². The number of sulfonamides is 1. The summed E-state index contributed by atoms with van der Waals surface area (Å²) in [5, 5.41) is 10.1. The molecule has 4 heterocycles. The standard InChI is InChI=1S/C33H34F3N9O4S/c1-19-20(34)7-5-9-26(19)50(47,48)43-23-11-10-21(35)29(28(23)36)41-31-30-24(38-18-39-31)12-13-27(40-30)45-17-25-22(42-45)8-6-15-44(25)16-14-37-32(46)49-33(2,3)4/h5,7,9-13,17-18,43H,6,8,14-16H2,1-4H3,(H,37,46)(H,38,39,41). The fourth-order valence-corrected chi connectivity index (χ4v) is 6.76. The number of benzene rings is 2. The van der Waals surface area contributed by atoms with Crippen LogP contribution < -0.4 is 20.3 Å². The van der Waals surface area contributed by atoms with Gasteiger partial charge in [-0.15, -0.1) is 0 Å². The second kappa shape index (κ2) is 13.5. The second-order valence-corrected chi connectivity index (χ2v) is 14.2. The highest BCUT2D eigenvalue weighted by molar-refractivity contribution is 7.92. The fraction of sp³-hybridized carbons (Fsp3) is 0.303. The molecule has 1 aliphatic rings. The number of aromatic nitrogens is 5. The highest BCUT2D eigenvalue weighted by Gasteiger charge is 2.25. The number of alkyl carbamates (subject to hydrolysis) is 1. The van der Waals surface area contributed by atoms with Crippen LogP contribution in [0.25, 0.3) is 16.9 Å². The van der Waals surface area contributed by atoms with Gasteiger partial charge in [-0.3, -0.25) is 4.72 Å². The van der Waals surface area contributed by atoms with Crippen LogP contribution in [0.2, 0.25) is 0 Å². The van der Waals surface area contributed by atoms with Crippen LogP contribution in [-0.2, 0) is 21.2 Å². The number of anilines is 4. The zero-order valence-corrected chi connectivity index (χ0v) is 28.4. The number of nitrogens with one attached hydrogen (secondary N) is 3. The third-order valence-corrected chi connectivity index (χ3v) is 9.30. The lowest BCUT2D eigenvalue weighted by atomic mass is 10.1. The number of aryl methyl sites for hydroxylation is 1. The van der Waals surface area contributed by atoms with Crippen molar-refractivity contribution in [1.29, 1.82) is 0 Å². The Balaban J connectivity index is 1.25. The van der Waals surface area contributed by atoms with Crippen molar-refractivity contribution >= 4 is 50.0 Å². The van der Waals surface area contributed by atoms with E-state index < -0.39 is 55.4 Å². The number of rotatable bonds is 9. The monoisotopic (exact) mass is 709 g/mol. The Bertz CT molecular complexity index is 2210. The molecule has 0 saturated carbocycles. The molecule has 3 N–H and O–H groups in total. The maximum Gasteiger partial charge on any atom is 0.407 e. The molecule has 1 aliphatic heterocycles.